The number of carbonyl (C=O) groups excluding carboxylic acids is 1. The quantitative estimate of drug-likeness (QED) is 0.835. The van der Waals surface area contributed by atoms with Gasteiger partial charge in [-0.1, -0.05) is 11.6 Å². The minimum Gasteiger partial charge on any atom is -0.495 e. The SMILES string of the molecule is COc1ccc(Cl)cc1NC(=O)CCN1CCCc2cc(F)cc(F)c21. The molecular formula is C19H19ClF2N2O2. The summed E-state index contributed by atoms with van der Waals surface area (Å²) in [5, 5.41) is 3.24. The van der Waals surface area contributed by atoms with E-state index in [4.69, 9.17) is 16.3 Å². The number of anilines is 2. The topological polar surface area (TPSA) is 41.6 Å². The van der Waals surface area contributed by atoms with E-state index in [1.165, 1.54) is 13.2 Å². The van der Waals surface area contributed by atoms with Gasteiger partial charge in [0.05, 0.1) is 18.5 Å². The number of rotatable bonds is 5. The first-order valence-electron chi connectivity index (χ1n) is 8.34. The first-order valence-corrected chi connectivity index (χ1v) is 8.72. The number of nitrogens with one attached hydrogen (secondary N) is 1. The van der Waals surface area contributed by atoms with Crippen LogP contribution in [0.3, 0.4) is 0 Å². The maximum atomic E-state index is 14.2. The Hall–Kier alpha value is -2.34. The molecule has 0 bridgehead atoms. The zero-order chi connectivity index (χ0) is 18.7. The molecule has 0 radical (unpaired) electrons. The molecule has 0 spiro atoms. The molecule has 0 fully saturated rings. The number of amides is 1. The van der Waals surface area contributed by atoms with Gasteiger partial charge in [-0.2, -0.15) is 0 Å². The van der Waals surface area contributed by atoms with E-state index in [-0.39, 0.29) is 12.3 Å². The predicted octanol–water partition coefficient (Wildman–Crippen LogP) is 4.41. The lowest BCUT2D eigenvalue weighted by Gasteiger charge is -2.31. The third-order valence-corrected chi connectivity index (χ3v) is 4.58. The average molecular weight is 381 g/mol. The van der Waals surface area contributed by atoms with E-state index in [0.717, 1.165) is 12.5 Å². The molecule has 26 heavy (non-hydrogen) atoms. The molecule has 0 aromatic heterocycles. The molecule has 7 heteroatoms. The third-order valence-electron chi connectivity index (χ3n) is 4.34. The van der Waals surface area contributed by atoms with Gasteiger partial charge in [-0.05, 0) is 42.7 Å². The Morgan fingerprint density at radius 3 is 2.88 bits per heavy atom. The molecule has 0 saturated heterocycles. The fourth-order valence-electron chi connectivity index (χ4n) is 3.19. The van der Waals surface area contributed by atoms with Gasteiger partial charge < -0.3 is 15.0 Å². The third kappa shape index (κ3) is 4.07. The van der Waals surface area contributed by atoms with Crippen molar-refractivity contribution in [2.75, 3.05) is 30.4 Å². The normalized spacial score (nSPS) is 13.3. The van der Waals surface area contributed by atoms with Crippen LogP contribution in [0.1, 0.15) is 18.4 Å². The zero-order valence-electron chi connectivity index (χ0n) is 14.3. The van der Waals surface area contributed by atoms with Crippen LogP contribution in [-0.2, 0) is 11.2 Å². The van der Waals surface area contributed by atoms with Gasteiger partial charge in [-0.15, -0.1) is 0 Å². The van der Waals surface area contributed by atoms with Crippen molar-refractivity contribution in [3.05, 3.63) is 52.6 Å². The van der Waals surface area contributed by atoms with Gasteiger partial charge in [-0.3, -0.25) is 4.79 Å². The van der Waals surface area contributed by atoms with Crippen LogP contribution < -0.4 is 15.0 Å². The molecule has 2 aromatic rings. The highest BCUT2D eigenvalue weighted by Gasteiger charge is 2.22. The van der Waals surface area contributed by atoms with Crippen LogP contribution in [0.4, 0.5) is 20.2 Å². The molecule has 0 atom stereocenters. The van der Waals surface area contributed by atoms with E-state index in [0.29, 0.717) is 47.2 Å². The first-order chi connectivity index (χ1) is 12.5. The number of benzene rings is 2. The van der Waals surface area contributed by atoms with Crippen LogP contribution in [-0.4, -0.2) is 26.1 Å². The molecule has 0 saturated carbocycles. The largest absolute Gasteiger partial charge is 0.495 e. The Labute approximate surface area is 155 Å². The Bertz CT molecular complexity index is 829. The van der Waals surface area contributed by atoms with Gasteiger partial charge in [0.1, 0.15) is 17.4 Å². The number of nitrogens with zero attached hydrogens (tertiary/aromatic N) is 1. The van der Waals surface area contributed by atoms with E-state index in [2.05, 4.69) is 5.32 Å². The number of ether oxygens (including phenoxy) is 1. The number of methoxy groups -OCH3 is 1. The summed E-state index contributed by atoms with van der Waals surface area (Å²) in [5.74, 6) is -0.890. The molecule has 1 aliphatic rings. The highest BCUT2D eigenvalue weighted by molar-refractivity contribution is 6.31. The predicted molar refractivity (Wildman–Crippen MR) is 98.1 cm³/mol. The van der Waals surface area contributed by atoms with E-state index in [9.17, 15) is 13.6 Å². The molecule has 1 N–H and O–H groups in total. The second kappa shape index (κ2) is 7.91. The van der Waals surface area contributed by atoms with Gasteiger partial charge >= 0.3 is 0 Å². The van der Waals surface area contributed by atoms with Gasteiger partial charge in [0.25, 0.3) is 0 Å². The van der Waals surface area contributed by atoms with E-state index in [1.54, 1.807) is 23.1 Å². The number of halogens is 3. The number of aryl methyl sites for hydroxylation is 1. The summed E-state index contributed by atoms with van der Waals surface area (Å²) in [4.78, 5) is 14.1. The molecule has 138 valence electrons. The summed E-state index contributed by atoms with van der Waals surface area (Å²) in [6.07, 6.45) is 1.58. The minimum absolute atomic E-state index is 0.159. The van der Waals surface area contributed by atoms with Crippen LogP contribution in [0.5, 0.6) is 5.75 Å². The molecule has 1 heterocycles. The molecule has 0 unspecified atom stereocenters. The summed E-state index contributed by atoms with van der Waals surface area (Å²) in [6.45, 7) is 0.966. The number of hydrogen-bond acceptors (Lipinski definition) is 3. The maximum absolute atomic E-state index is 14.2. The summed E-state index contributed by atoms with van der Waals surface area (Å²) in [5.41, 5.74) is 1.52. The molecule has 1 aliphatic heterocycles. The van der Waals surface area contributed by atoms with E-state index in [1.807, 2.05) is 0 Å². The molecule has 2 aromatic carbocycles. The van der Waals surface area contributed by atoms with E-state index >= 15 is 0 Å². The Morgan fingerprint density at radius 1 is 1.31 bits per heavy atom. The highest BCUT2D eigenvalue weighted by atomic mass is 35.5. The lowest BCUT2D eigenvalue weighted by Crippen LogP contribution is -2.33. The fourth-order valence-corrected chi connectivity index (χ4v) is 3.36. The monoisotopic (exact) mass is 380 g/mol. The molecule has 3 rings (SSSR count). The first kappa shape index (κ1) is 18.5. The van der Waals surface area contributed by atoms with Crippen molar-refractivity contribution in [3.63, 3.8) is 0 Å². The van der Waals surface area contributed by atoms with Crippen LogP contribution in [0, 0.1) is 11.6 Å². The number of hydrogen-bond donors (Lipinski definition) is 1. The van der Waals surface area contributed by atoms with Crippen molar-refractivity contribution in [1.29, 1.82) is 0 Å². The second-order valence-electron chi connectivity index (χ2n) is 6.13. The van der Waals surface area contributed by atoms with Gasteiger partial charge in [-0.25, -0.2) is 8.78 Å². The van der Waals surface area contributed by atoms with Gasteiger partial charge in [0.2, 0.25) is 5.91 Å². The van der Waals surface area contributed by atoms with E-state index < -0.39 is 11.6 Å². The average Bonchev–Trinajstić information content (AvgIpc) is 2.59. The second-order valence-corrected chi connectivity index (χ2v) is 6.57. The lowest BCUT2D eigenvalue weighted by atomic mass is 10.0. The van der Waals surface area contributed by atoms with Crippen molar-refractivity contribution in [2.24, 2.45) is 0 Å². The molecule has 0 aliphatic carbocycles. The van der Waals surface area contributed by atoms with Crippen LogP contribution in [0.2, 0.25) is 5.02 Å². The Balaban J connectivity index is 1.67. The molecule has 4 nitrogen and oxygen atoms in total. The van der Waals surface area contributed by atoms with Crippen LogP contribution in [0.25, 0.3) is 0 Å². The van der Waals surface area contributed by atoms with Crippen molar-refractivity contribution in [2.45, 2.75) is 19.3 Å². The lowest BCUT2D eigenvalue weighted by molar-refractivity contribution is -0.116. The summed E-state index contributed by atoms with van der Waals surface area (Å²) < 4.78 is 32.8. The van der Waals surface area contributed by atoms with Crippen molar-refractivity contribution >= 4 is 28.9 Å². The van der Waals surface area contributed by atoms with Gasteiger partial charge in [0, 0.05) is 30.6 Å². The number of fused-ring (bicyclic) bond motifs is 1. The molecular weight excluding hydrogens is 362 g/mol. The zero-order valence-corrected chi connectivity index (χ0v) is 15.1. The Morgan fingerprint density at radius 2 is 2.12 bits per heavy atom. The highest BCUT2D eigenvalue weighted by Crippen LogP contribution is 2.31. The maximum Gasteiger partial charge on any atom is 0.226 e. The van der Waals surface area contributed by atoms with Crippen LogP contribution >= 0.6 is 11.6 Å². The smallest absolute Gasteiger partial charge is 0.226 e. The fraction of sp³-hybridized carbons (Fsp3) is 0.316. The van der Waals surface area contributed by atoms with Crippen molar-refractivity contribution in [3.8, 4) is 5.75 Å². The van der Waals surface area contributed by atoms with Crippen molar-refractivity contribution in [1.82, 2.24) is 0 Å². The van der Waals surface area contributed by atoms with Crippen LogP contribution in [0.15, 0.2) is 30.3 Å². The van der Waals surface area contributed by atoms with Gasteiger partial charge in [0.15, 0.2) is 0 Å². The summed E-state index contributed by atoms with van der Waals surface area (Å²) in [6, 6.07) is 7.19. The number of carbonyl (C=O) groups is 1. The molecule has 1 amide bonds. The Kier molecular flexibility index (Phi) is 5.61. The minimum atomic E-state index is -0.586. The summed E-state index contributed by atoms with van der Waals surface area (Å²) in [7, 11) is 1.51. The van der Waals surface area contributed by atoms with Crippen molar-refractivity contribution < 1.29 is 18.3 Å². The summed E-state index contributed by atoms with van der Waals surface area (Å²) >= 11 is 5.96. The standard InChI is InChI=1S/C19H19ClF2N2O2/c1-26-17-5-4-13(20)10-16(17)23-18(25)6-8-24-7-2-3-12-9-14(21)11-15(22)19(12)24/h4-5,9-11H,2-3,6-8H2,1H3,(H,23,25).